The molecule has 3 rings (SSSR count). The monoisotopic (exact) mass is 460 g/mol. The molecule has 0 aliphatic carbocycles. The third-order valence-corrected chi connectivity index (χ3v) is 6.85. The van der Waals surface area contributed by atoms with Crippen molar-refractivity contribution in [2.45, 2.75) is 29.3 Å². The van der Waals surface area contributed by atoms with Crippen molar-refractivity contribution in [2.24, 2.45) is 0 Å². The average molecular weight is 461 g/mol. The highest BCUT2D eigenvalue weighted by atomic mass is 32.2. The number of anilines is 1. The lowest BCUT2D eigenvalue weighted by Gasteiger charge is -2.09. The number of hydrogen-bond donors (Lipinski definition) is 2. The summed E-state index contributed by atoms with van der Waals surface area (Å²) in [7, 11) is -3.58. The smallest absolute Gasteiger partial charge is 0.335 e. The molecule has 0 aliphatic heterocycles. The van der Waals surface area contributed by atoms with Crippen LogP contribution in [0.5, 0.6) is 0 Å². The minimum absolute atomic E-state index is 0.000861. The number of carbonyl (C=O) groups is 2. The SMILES string of the molecule is CCn1c(CS(=O)(=O)c2ccccc2)nnc1SCC(=O)Nc1cccc(C(=O)O)c1. The van der Waals surface area contributed by atoms with E-state index in [-0.39, 0.29) is 27.9 Å². The lowest BCUT2D eigenvalue weighted by atomic mass is 10.2. The van der Waals surface area contributed by atoms with Gasteiger partial charge in [0.15, 0.2) is 15.0 Å². The van der Waals surface area contributed by atoms with Crippen molar-refractivity contribution in [1.29, 1.82) is 0 Å². The molecular formula is C20H20N4O5S2. The van der Waals surface area contributed by atoms with Gasteiger partial charge in [0.05, 0.1) is 16.2 Å². The van der Waals surface area contributed by atoms with E-state index in [9.17, 15) is 18.0 Å². The van der Waals surface area contributed by atoms with E-state index in [1.165, 1.54) is 24.3 Å². The summed E-state index contributed by atoms with van der Waals surface area (Å²) < 4.78 is 26.9. The number of carbonyl (C=O) groups excluding carboxylic acids is 1. The van der Waals surface area contributed by atoms with Gasteiger partial charge in [-0.1, -0.05) is 36.0 Å². The number of nitrogens with zero attached hydrogens (tertiary/aromatic N) is 3. The molecule has 0 fully saturated rings. The van der Waals surface area contributed by atoms with Crippen molar-refractivity contribution in [2.75, 3.05) is 11.1 Å². The predicted molar refractivity (Wildman–Crippen MR) is 116 cm³/mol. The number of carboxylic acids is 1. The summed E-state index contributed by atoms with van der Waals surface area (Å²) >= 11 is 1.12. The molecule has 31 heavy (non-hydrogen) atoms. The number of rotatable bonds is 9. The van der Waals surface area contributed by atoms with E-state index in [1.807, 2.05) is 6.92 Å². The van der Waals surface area contributed by atoms with Gasteiger partial charge in [-0.15, -0.1) is 10.2 Å². The van der Waals surface area contributed by atoms with Gasteiger partial charge in [-0.25, -0.2) is 13.2 Å². The summed E-state index contributed by atoms with van der Waals surface area (Å²) in [6, 6.07) is 14.0. The van der Waals surface area contributed by atoms with Crippen molar-refractivity contribution in [1.82, 2.24) is 14.8 Å². The van der Waals surface area contributed by atoms with Gasteiger partial charge in [0.25, 0.3) is 0 Å². The van der Waals surface area contributed by atoms with Gasteiger partial charge in [0, 0.05) is 12.2 Å². The Morgan fingerprint density at radius 2 is 1.84 bits per heavy atom. The van der Waals surface area contributed by atoms with Crippen LogP contribution in [0.25, 0.3) is 0 Å². The molecule has 0 aliphatic rings. The number of thioether (sulfide) groups is 1. The average Bonchev–Trinajstić information content (AvgIpc) is 3.13. The fourth-order valence-electron chi connectivity index (χ4n) is 2.79. The number of aromatic carboxylic acids is 1. The van der Waals surface area contributed by atoms with Crippen molar-refractivity contribution >= 4 is 39.2 Å². The second-order valence-electron chi connectivity index (χ2n) is 6.44. The second-order valence-corrected chi connectivity index (χ2v) is 9.37. The van der Waals surface area contributed by atoms with Gasteiger partial charge in [0.2, 0.25) is 5.91 Å². The van der Waals surface area contributed by atoms with Gasteiger partial charge < -0.3 is 15.0 Å². The normalized spacial score (nSPS) is 11.3. The number of carboxylic acid groups (broad SMARTS) is 1. The molecule has 162 valence electrons. The number of aromatic nitrogens is 3. The highest BCUT2D eigenvalue weighted by Gasteiger charge is 2.21. The van der Waals surface area contributed by atoms with E-state index in [2.05, 4.69) is 15.5 Å². The van der Waals surface area contributed by atoms with Crippen LogP contribution in [0.3, 0.4) is 0 Å². The molecule has 1 amide bonds. The molecule has 2 N–H and O–H groups in total. The molecule has 0 saturated carbocycles. The fraction of sp³-hybridized carbons (Fsp3) is 0.200. The Balaban J connectivity index is 1.66. The van der Waals surface area contributed by atoms with Crippen molar-refractivity contribution in [3.05, 3.63) is 66.0 Å². The molecule has 0 bridgehead atoms. The summed E-state index contributed by atoms with van der Waals surface area (Å²) in [6.45, 7) is 2.28. The molecule has 0 unspecified atom stereocenters. The van der Waals surface area contributed by atoms with Gasteiger partial charge in [0.1, 0.15) is 11.6 Å². The molecule has 2 aromatic carbocycles. The van der Waals surface area contributed by atoms with Crippen LogP contribution in [-0.2, 0) is 26.9 Å². The first-order chi connectivity index (χ1) is 14.8. The zero-order valence-electron chi connectivity index (χ0n) is 16.6. The largest absolute Gasteiger partial charge is 0.478 e. The summed E-state index contributed by atoms with van der Waals surface area (Å²) in [5.41, 5.74) is 0.442. The van der Waals surface area contributed by atoms with Crippen LogP contribution < -0.4 is 5.32 Å². The van der Waals surface area contributed by atoms with E-state index in [1.54, 1.807) is 34.9 Å². The summed E-state index contributed by atoms with van der Waals surface area (Å²) in [5.74, 6) is -1.44. The topological polar surface area (TPSA) is 131 Å². The fourth-order valence-corrected chi connectivity index (χ4v) is 4.90. The Kier molecular flexibility index (Phi) is 7.08. The Morgan fingerprint density at radius 1 is 1.10 bits per heavy atom. The van der Waals surface area contributed by atoms with Crippen LogP contribution >= 0.6 is 11.8 Å². The predicted octanol–water partition coefficient (Wildman–Crippen LogP) is 2.70. The van der Waals surface area contributed by atoms with E-state index >= 15 is 0 Å². The molecule has 9 nitrogen and oxygen atoms in total. The lowest BCUT2D eigenvalue weighted by molar-refractivity contribution is -0.113. The van der Waals surface area contributed by atoms with Crippen LogP contribution in [0.15, 0.2) is 64.6 Å². The minimum Gasteiger partial charge on any atom is -0.478 e. The van der Waals surface area contributed by atoms with Crippen LogP contribution in [0.1, 0.15) is 23.1 Å². The molecule has 1 aromatic heterocycles. The Hall–Kier alpha value is -3.18. The minimum atomic E-state index is -3.58. The maximum atomic E-state index is 12.6. The molecule has 0 radical (unpaired) electrons. The van der Waals surface area contributed by atoms with Gasteiger partial charge in [-0.2, -0.15) is 0 Å². The van der Waals surface area contributed by atoms with Crippen molar-refractivity contribution in [3.8, 4) is 0 Å². The quantitative estimate of drug-likeness (QED) is 0.466. The van der Waals surface area contributed by atoms with Crippen LogP contribution in [0.2, 0.25) is 0 Å². The standard InChI is InChI=1S/C20H20N4O5S2/c1-2-24-17(13-31(28,29)16-9-4-3-5-10-16)22-23-20(24)30-12-18(25)21-15-8-6-7-14(11-15)19(26)27/h3-11H,2,12-13H2,1H3,(H,21,25)(H,26,27). The Morgan fingerprint density at radius 3 is 2.52 bits per heavy atom. The first-order valence-corrected chi connectivity index (χ1v) is 11.9. The third kappa shape index (κ3) is 5.70. The highest BCUT2D eigenvalue weighted by Crippen LogP contribution is 2.21. The van der Waals surface area contributed by atoms with Gasteiger partial charge >= 0.3 is 5.97 Å². The molecule has 0 spiro atoms. The number of hydrogen-bond acceptors (Lipinski definition) is 7. The summed E-state index contributed by atoms with van der Waals surface area (Å²) in [5, 5.41) is 20.1. The number of nitrogens with one attached hydrogen (secondary N) is 1. The Bertz CT molecular complexity index is 1190. The lowest BCUT2D eigenvalue weighted by Crippen LogP contribution is -2.15. The number of sulfone groups is 1. The van der Waals surface area contributed by atoms with Crippen molar-refractivity contribution < 1.29 is 23.1 Å². The molecule has 0 atom stereocenters. The maximum absolute atomic E-state index is 12.6. The van der Waals surface area contributed by atoms with E-state index < -0.39 is 15.8 Å². The first kappa shape index (κ1) is 22.5. The number of benzene rings is 2. The van der Waals surface area contributed by atoms with E-state index in [0.29, 0.717) is 23.2 Å². The number of amides is 1. The van der Waals surface area contributed by atoms with Crippen LogP contribution in [0.4, 0.5) is 5.69 Å². The first-order valence-electron chi connectivity index (χ1n) is 9.26. The van der Waals surface area contributed by atoms with E-state index in [0.717, 1.165) is 11.8 Å². The molecule has 1 heterocycles. The van der Waals surface area contributed by atoms with E-state index in [4.69, 9.17) is 5.11 Å². The molecular weight excluding hydrogens is 440 g/mol. The molecule has 0 saturated heterocycles. The molecule has 11 heteroatoms. The van der Waals surface area contributed by atoms with Crippen molar-refractivity contribution in [3.63, 3.8) is 0 Å². The van der Waals surface area contributed by atoms with Crippen LogP contribution in [0, 0.1) is 0 Å². The Labute approximate surface area is 183 Å². The highest BCUT2D eigenvalue weighted by molar-refractivity contribution is 7.99. The van der Waals surface area contributed by atoms with Gasteiger partial charge in [-0.3, -0.25) is 4.79 Å². The maximum Gasteiger partial charge on any atom is 0.335 e. The van der Waals surface area contributed by atoms with Gasteiger partial charge in [-0.05, 0) is 37.3 Å². The summed E-state index contributed by atoms with van der Waals surface area (Å²) in [6.07, 6.45) is 0. The third-order valence-electron chi connectivity index (χ3n) is 4.26. The summed E-state index contributed by atoms with van der Waals surface area (Å²) in [4.78, 5) is 23.5. The molecule has 3 aromatic rings. The second kappa shape index (κ2) is 9.75. The van der Waals surface area contributed by atoms with Crippen LogP contribution in [-0.4, -0.2) is 45.9 Å². The zero-order valence-corrected chi connectivity index (χ0v) is 18.2. The zero-order chi connectivity index (χ0) is 22.4.